The minimum atomic E-state index is -0.173. The molecular formula is C14H16N4O. The number of methoxy groups -OCH3 is 1. The molecule has 2 rings (SSSR count). The van der Waals surface area contributed by atoms with Gasteiger partial charge in [-0.2, -0.15) is 5.26 Å². The largest absolute Gasteiger partial charge is 0.385 e. The van der Waals surface area contributed by atoms with Crippen molar-refractivity contribution in [3.63, 3.8) is 0 Å². The summed E-state index contributed by atoms with van der Waals surface area (Å²) in [5, 5.41) is 8.89. The lowest BCUT2D eigenvalue weighted by Crippen LogP contribution is -2.14. The Kier molecular flexibility index (Phi) is 4.29. The van der Waals surface area contributed by atoms with Crippen molar-refractivity contribution >= 4 is 0 Å². The molecule has 5 heteroatoms. The van der Waals surface area contributed by atoms with Gasteiger partial charge in [-0.25, -0.2) is 4.98 Å². The van der Waals surface area contributed by atoms with Crippen molar-refractivity contribution in [2.75, 3.05) is 13.7 Å². The molecule has 3 N–H and O–H groups in total. The third kappa shape index (κ3) is 3.19. The number of nitrogens with zero attached hydrogens (tertiary/aromatic N) is 2. The SMILES string of the molecule is COCCC(N)c1ncc(-c2cccc(C#N)c2)[nH]1. The molecule has 1 aromatic heterocycles. The maximum absolute atomic E-state index is 8.89. The first-order chi connectivity index (χ1) is 9.24. The van der Waals surface area contributed by atoms with Crippen LogP contribution >= 0.6 is 0 Å². The number of hydrogen-bond acceptors (Lipinski definition) is 4. The second-order valence-corrected chi connectivity index (χ2v) is 4.26. The summed E-state index contributed by atoms with van der Waals surface area (Å²) in [6.07, 6.45) is 2.44. The Hall–Kier alpha value is -2.16. The number of nitrogens with one attached hydrogen (secondary N) is 1. The summed E-state index contributed by atoms with van der Waals surface area (Å²) in [6, 6.07) is 9.31. The van der Waals surface area contributed by atoms with Crippen molar-refractivity contribution in [1.82, 2.24) is 9.97 Å². The number of nitrogens with two attached hydrogens (primary N) is 1. The number of rotatable bonds is 5. The van der Waals surface area contributed by atoms with Gasteiger partial charge in [0.1, 0.15) is 5.82 Å². The summed E-state index contributed by atoms with van der Waals surface area (Å²) in [5.74, 6) is 0.731. The third-order valence-corrected chi connectivity index (χ3v) is 2.88. The van der Waals surface area contributed by atoms with E-state index in [1.807, 2.05) is 18.2 Å². The number of hydrogen-bond donors (Lipinski definition) is 2. The maximum Gasteiger partial charge on any atom is 0.123 e. The zero-order chi connectivity index (χ0) is 13.7. The molecule has 0 aliphatic rings. The Labute approximate surface area is 112 Å². The molecule has 1 unspecified atom stereocenters. The van der Waals surface area contributed by atoms with Gasteiger partial charge >= 0.3 is 0 Å². The van der Waals surface area contributed by atoms with E-state index in [4.69, 9.17) is 15.7 Å². The number of aromatic nitrogens is 2. The Bertz CT molecular complexity index is 585. The molecule has 0 bridgehead atoms. The second-order valence-electron chi connectivity index (χ2n) is 4.26. The average molecular weight is 256 g/mol. The van der Waals surface area contributed by atoms with Crippen molar-refractivity contribution in [1.29, 1.82) is 5.26 Å². The van der Waals surface area contributed by atoms with Gasteiger partial charge in [0.2, 0.25) is 0 Å². The van der Waals surface area contributed by atoms with Crippen molar-refractivity contribution < 1.29 is 4.74 Å². The normalized spacial score (nSPS) is 12.1. The second kappa shape index (κ2) is 6.14. The third-order valence-electron chi connectivity index (χ3n) is 2.88. The van der Waals surface area contributed by atoms with Crippen LogP contribution in [-0.2, 0) is 4.74 Å². The molecule has 98 valence electrons. The van der Waals surface area contributed by atoms with Gasteiger partial charge in [0.25, 0.3) is 0 Å². The van der Waals surface area contributed by atoms with Crippen molar-refractivity contribution in [2.24, 2.45) is 5.73 Å². The number of imidazole rings is 1. The lowest BCUT2D eigenvalue weighted by molar-refractivity contribution is 0.187. The summed E-state index contributed by atoms with van der Waals surface area (Å²) < 4.78 is 5.00. The highest BCUT2D eigenvalue weighted by Gasteiger charge is 2.11. The van der Waals surface area contributed by atoms with Gasteiger partial charge in [-0.05, 0) is 18.6 Å². The van der Waals surface area contributed by atoms with Gasteiger partial charge in [0.15, 0.2) is 0 Å². The van der Waals surface area contributed by atoms with Crippen LogP contribution in [0.25, 0.3) is 11.3 Å². The van der Waals surface area contributed by atoms with E-state index in [0.29, 0.717) is 18.6 Å². The molecule has 0 amide bonds. The molecule has 0 aliphatic heterocycles. The molecule has 1 aromatic carbocycles. The highest BCUT2D eigenvalue weighted by molar-refractivity contribution is 5.60. The number of aromatic amines is 1. The smallest absolute Gasteiger partial charge is 0.123 e. The number of H-pyrrole nitrogens is 1. The van der Waals surface area contributed by atoms with Crippen LogP contribution in [0.3, 0.4) is 0 Å². The van der Waals surface area contributed by atoms with Crippen LogP contribution in [0.15, 0.2) is 30.5 Å². The van der Waals surface area contributed by atoms with E-state index in [9.17, 15) is 0 Å². The quantitative estimate of drug-likeness (QED) is 0.856. The number of ether oxygens (including phenoxy) is 1. The fraction of sp³-hybridized carbons (Fsp3) is 0.286. The number of benzene rings is 1. The fourth-order valence-electron chi connectivity index (χ4n) is 1.81. The van der Waals surface area contributed by atoms with E-state index < -0.39 is 0 Å². The van der Waals surface area contributed by atoms with Crippen molar-refractivity contribution in [3.8, 4) is 17.3 Å². The molecule has 0 spiro atoms. The Morgan fingerprint density at radius 2 is 2.37 bits per heavy atom. The van der Waals surface area contributed by atoms with E-state index in [-0.39, 0.29) is 6.04 Å². The first-order valence-electron chi connectivity index (χ1n) is 6.04. The van der Waals surface area contributed by atoms with E-state index in [1.165, 1.54) is 0 Å². The molecule has 0 saturated carbocycles. The predicted molar refractivity (Wildman–Crippen MR) is 72.2 cm³/mol. The fourth-order valence-corrected chi connectivity index (χ4v) is 1.81. The molecule has 2 aromatic rings. The van der Waals surface area contributed by atoms with Crippen LogP contribution < -0.4 is 5.73 Å². The summed E-state index contributed by atoms with van der Waals surface area (Å²) in [6.45, 7) is 0.598. The monoisotopic (exact) mass is 256 g/mol. The zero-order valence-electron chi connectivity index (χ0n) is 10.8. The molecular weight excluding hydrogens is 240 g/mol. The van der Waals surface area contributed by atoms with E-state index in [1.54, 1.807) is 19.4 Å². The van der Waals surface area contributed by atoms with E-state index in [0.717, 1.165) is 17.1 Å². The van der Waals surface area contributed by atoms with E-state index >= 15 is 0 Å². The van der Waals surface area contributed by atoms with Gasteiger partial charge in [-0.15, -0.1) is 0 Å². The maximum atomic E-state index is 8.89. The molecule has 0 radical (unpaired) electrons. The van der Waals surface area contributed by atoms with Gasteiger partial charge < -0.3 is 15.5 Å². The highest BCUT2D eigenvalue weighted by atomic mass is 16.5. The number of nitriles is 1. The summed E-state index contributed by atoms with van der Waals surface area (Å²) in [5.41, 5.74) is 8.41. The minimum Gasteiger partial charge on any atom is -0.385 e. The molecule has 0 aliphatic carbocycles. The standard InChI is InChI=1S/C14H16N4O/c1-19-6-5-12(16)14-17-9-13(18-14)11-4-2-3-10(7-11)8-15/h2-4,7,9,12H,5-6,16H2,1H3,(H,17,18). The van der Waals surface area contributed by atoms with Gasteiger partial charge in [-0.3, -0.25) is 0 Å². The zero-order valence-corrected chi connectivity index (χ0v) is 10.8. The van der Waals surface area contributed by atoms with Crippen LogP contribution in [0.2, 0.25) is 0 Å². The summed E-state index contributed by atoms with van der Waals surface area (Å²) >= 11 is 0. The summed E-state index contributed by atoms with van der Waals surface area (Å²) in [4.78, 5) is 7.47. The molecule has 5 nitrogen and oxygen atoms in total. The molecule has 0 saturated heterocycles. The van der Waals surface area contributed by atoms with E-state index in [2.05, 4.69) is 16.0 Å². The Morgan fingerprint density at radius 1 is 1.53 bits per heavy atom. The molecule has 19 heavy (non-hydrogen) atoms. The van der Waals surface area contributed by atoms with Crippen LogP contribution in [0.4, 0.5) is 0 Å². The lowest BCUT2D eigenvalue weighted by atomic mass is 10.1. The first-order valence-corrected chi connectivity index (χ1v) is 6.04. The van der Waals surface area contributed by atoms with Crippen LogP contribution in [-0.4, -0.2) is 23.7 Å². The lowest BCUT2D eigenvalue weighted by Gasteiger charge is -2.07. The van der Waals surface area contributed by atoms with Crippen molar-refractivity contribution in [2.45, 2.75) is 12.5 Å². The van der Waals surface area contributed by atoms with Crippen molar-refractivity contribution in [3.05, 3.63) is 41.9 Å². The topological polar surface area (TPSA) is 87.7 Å². The molecule has 1 heterocycles. The van der Waals surface area contributed by atoms with Crippen LogP contribution in [0.5, 0.6) is 0 Å². The summed E-state index contributed by atoms with van der Waals surface area (Å²) in [7, 11) is 1.65. The predicted octanol–water partition coefficient (Wildman–Crippen LogP) is 1.98. The molecule has 0 fully saturated rings. The minimum absolute atomic E-state index is 0.173. The Morgan fingerprint density at radius 3 is 3.11 bits per heavy atom. The first kappa shape index (κ1) is 13.3. The van der Waals surface area contributed by atoms with Crippen LogP contribution in [0.1, 0.15) is 23.9 Å². The van der Waals surface area contributed by atoms with Gasteiger partial charge in [-0.1, -0.05) is 12.1 Å². The molecule has 1 atom stereocenters. The highest BCUT2D eigenvalue weighted by Crippen LogP contribution is 2.20. The van der Waals surface area contributed by atoms with Crippen LogP contribution in [0, 0.1) is 11.3 Å². The average Bonchev–Trinajstić information content (AvgIpc) is 2.94. The Balaban J connectivity index is 2.18. The van der Waals surface area contributed by atoms with Gasteiger partial charge in [0, 0.05) is 19.3 Å². The van der Waals surface area contributed by atoms with Gasteiger partial charge in [0.05, 0.1) is 29.6 Å².